The van der Waals surface area contributed by atoms with Gasteiger partial charge in [0.1, 0.15) is 0 Å². The number of carboxylic acid groups (broad SMARTS) is 1. The molecule has 0 spiro atoms. The molecule has 30 heavy (non-hydrogen) atoms. The van der Waals surface area contributed by atoms with E-state index in [0.29, 0.717) is 18.2 Å². The van der Waals surface area contributed by atoms with Crippen molar-refractivity contribution in [1.29, 1.82) is 0 Å². The second-order valence-electron chi connectivity index (χ2n) is 6.56. The van der Waals surface area contributed by atoms with Crippen LogP contribution in [0.3, 0.4) is 0 Å². The van der Waals surface area contributed by atoms with Crippen molar-refractivity contribution in [3.8, 4) is 0 Å². The maximum atomic E-state index is 15.5. The smallest absolute Gasteiger partial charge is 0.384 e. The van der Waals surface area contributed by atoms with Crippen molar-refractivity contribution in [3.63, 3.8) is 0 Å². The van der Waals surface area contributed by atoms with E-state index in [2.05, 4.69) is 0 Å². The zero-order valence-electron chi connectivity index (χ0n) is 14.3. The summed E-state index contributed by atoms with van der Waals surface area (Å²) >= 11 is 0.796. The van der Waals surface area contributed by atoms with Gasteiger partial charge in [0.25, 0.3) is 5.67 Å². The van der Waals surface area contributed by atoms with Crippen molar-refractivity contribution in [2.45, 2.75) is 45.6 Å². The number of carboxylic acids is 1. The molecule has 0 bridgehead atoms. The van der Waals surface area contributed by atoms with Crippen LogP contribution in [0.2, 0.25) is 0 Å². The standard InChI is InChI=1S/C16H10F11IO2/c1-2-6-10(28)7(9(29)30)4-3-5-8(10)11(17)12(18,19)14(22,23)16(26,27)15(24,25)13(11,20)21/h2-7H,1H3,(H,29,30)/p-1. The topological polar surface area (TPSA) is 40.1 Å². The van der Waals surface area contributed by atoms with Crippen LogP contribution in [0.5, 0.6) is 0 Å². The van der Waals surface area contributed by atoms with Gasteiger partial charge in [0, 0.05) is 11.5 Å². The van der Waals surface area contributed by atoms with Gasteiger partial charge in [-0.15, -0.1) is 0 Å². The van der Waals surface area contributed by atoms with E-state index in [4.69, 9.17) is 0 Å². The van der Waals surface area contributed by atoms with Crippen molar-refractivity contribution in [3.05, 3.63) is 36.0 Å². The Morgan fingerprint density at radius 3 is 1.67 bits per heavy atom. The van der Waals surface area contributed by atoms with E-state index in [1.54, 1.807) is 0 Å². The van der Waals surface area contributed by atoms with Gasteiger partial charge in [-0.1, -0.05) is 53.0 Å². The first kappa shape index (κ1) is 24.9. The molecule has 0 N–H and O–H groups in total. The van der Waals surface area contributed by atoms with Gasteiger partial charge in [-0.05, 0) is 6.92 Å². The predicted octanol–water partition coefficient (Wildman–Crippen LogP) is 4.50. The molecule has 0 heterocycles. The summed E-state index contributed by atoms with van der Waals surface area (Å²) in [7, 11) is 0. The molecule has 0 aliphatic heterocycles. The summed E-state index contributed by atoms with van der Waals surface area (Å²) < 4.78 is 152. The molecule has 0 radical (unpaired) electrons. The number of carbonyl (C=O) groups excluding carboxylic acids is 1. The van der Waals surface area contributed by atoms with E-state index in [0.717, 1.165) is 35.6 Å². The van der Waals surface area contributed by atoms with Crippen LogP contribution in [0.4, 0.5) is 48.3 Å². The molecule has 2 rings (SSSR count). The van der Waals surface area contributed by atoms with Gasteiger partial charge in [-0.25, -0.2) is 4.39 Å². The molecule has 2 aliphatic carbocycles. The van der Waals surface area contributed by atoms with Crippen LogP contribution in [-0.2, 0) is 4.79 Å². The van der Waals surface area contributed by atoms with Crippen molar-refractivity contribution < 1.29 is 58.2 Å². The fraction of sp³-hybridized carbons (Fsp3) is 0.562. The van der Waals surface area contributed by atoms with Crippen molar-refractivity contribution in [1.82, 2.24) is 0 Å². The molecule has 0 aromatic rings. The van der Waals surface area contributed by atoms with Crippen LogP contribution in [0.15, 0.2) is 36.0 Å². The minimum absolute atomic E-state index is 0.0523. The van der Waals surface area contributed by atoms with Gasteiger partial charge >= 0.3 is 29.6 Å². The van der Waals surface area contributed by atoms with Crippen LogP contribution < -0.4 is 5.11 Å². The van der Waals surface area contributed by atoms with Crippen molar-refractivity contribution in [2.75, 3.05) is 0 Å². The highest BCUT2D eigenvalue weighted by molar-refractivity contribution is 14.1. The van der Waals surface area contributed by atoms with Gasteiger partial charge < -0.3 is 9.90 Å². The highest BCUT2D eigenvalue weighted by Crippen LogP contribution is 2.72. The second-order valence-corrected chi connectivity index (χ2v) is 8.35. The van der Waals surface area contributed by atoms with E-state index < -0.39 is 56.2 Å². The molecular weight excluding hydrogens is 560 g/mol. The van der Waals surface area contributed by atoms with Crippen LogP contribution in [0.1, 0.15) is 6.92 Å². The van der Waals surface area contributed by atoms with Crippen LogP contribution in [-0.4, -0.2) is 44.7 Å². The number of carbonyl (C=O) groups is 1. The highest BCUT2D eigenvalue weighted by atomic mass is 127. The maximum absolute atomic E-state index is 15.5. The summed E-state index contributed by atoms with van der Waals surface area (Å²) in [5.41, 5.74) is -8.69. The van der Waals surface area contributed by atoms with E-state index in [9.17, 15) is 53.8 Å². The summed E-state index contributed by atoms with van der Waals surface area (Å²) in [5, 5.41) is 11.3. The third-order valence-electron chi connectivity index (χ3n) is 4.91. The molecule has 170 valence electrons. The first-order chi connectivity index (χ1) is 13.2. The molecule has 1 saturated carbocycles. The fourth-order valence-electron chi connectivity index (χ4n) is 3.32. The van der Waals surface area contributed by atoms with Crippen LogP contribution >= 0.6 is 22.6 Å². The normalized spacial score (nSPS) is 35.1. The molecule has 14 heteroatoms. The molecular formula is C16H9F11IO2-. The summed E-state index contributed by atoms with van der Waals surface area (Å²) in [6.45, 7) is 1.06. The van der Waals surface area contributed by atoms with Crippen LogP contribution in [0.25, 0.3) is 0 Å². The Labute approximate surface area is 174 Å². The second kappa shape index (κ2) is 6.58. The number of halogens is 12. The number of hydrogen-bond acceptors (Lipinski definition) is 2. The summed E-state index contributed by atoms with van der Waals surface area (Å²) in [6, 6.07) is 0. The summed E-state index contributed by atoms with van der Waals surface area (Å²) in [4.78, 5) is 11.3. The molecule has 2 unspecified atom stereocenters. The molecule has 1 fully saturated rings. The lowest BCUT2D eigenvalue weighted by atomic mass is 9.63. The Bertz CT molecular complexity index is 816. The number of rotatable bonds is 3. The number of aliphatic carboxylic acids is 1. The zero-order chi connectivity index (χ0) is 23.8. The van der Waals surface area contributed by atoms with Gasteiger partial charge in [0.2, 0.25) is 0 Å². The Morgan fingerprint density at radius 2 is 1.30 bits per heavy atom. The molecule has 0 aromatic carbocycles. The first-order valence-electron chi connectivity index (χ1n) is 7.74. The largest absolute Gasteiger partial charge is 0.549 e. The Morgan fingerprint density at radius 1 is 0.900 bits per heavy atom. The van der Waals surface area contributed by atoms with Crippen LogP contribution in [0, 0.1) is 5.92 Å². The van der Waals surface area contributed by atoms with Gasteiger partial charge in [0.15, 0.2) is 0 Å². The lowest BCUT2D eigenvalue weighted by Gasteiger charge is -2.55. The predicted molar refractivity (Wildman–Crippen MR) is 85.9 cm³/mol. The average Bonchev–Trinajstić information content (AvgIpc) is 2.59. The van der Waals surface area contributed by atoms with E-state index in [-0.39, 0.29) is 6.08 Å². The molecule has 0 aromatic heterocycles. The Balaban J connectivity index is 3.00. The third kappa shape index (κ3) is 2.45. The molecule has 2 nitrogen and oxygen atoms in total. The molecule has 0 saturated heterocycles. The molecule has 2 aliphatic rings. The Hall–Kier alpha value is -1.35. The van der Waals surface area contributed by atoms with E-state index in [1.165, 1.54) is 0 Å². The molecule has 0 amide bonds. The minimum Gasteiger partial charge on any atom is -0.549 e. The van der Waals surface area contributed by atoms with Crippen molar-refractivity contribution >= 4 is 28.6 Å². The fourth-order valence-corrected chi connectivity index (χ4v) is 4.70. The minimum atomic E-state index is -7.35. The Kier molecular flexibility index (Phi) is 5.46. The zero-order valence-corrected chi connectivity index (χ0v) is 16.5. The van der Waals surface area contributed by atoms with E-state index >= 15 is 4.39 Å². The van der Waals surface area contributed by atoms with Gasteiger partial charge in [-0.3, -0.25) is 0 Å². The monoisotopic (exact) mass is 569 g/mol. The quantitative estimate of drug-likeness (QED) is 0.218. The summed E-state index contributed by atoms with van der Waals surface area (Å²) in [5.74, 6) is -40.6. The number of alkyl halides is 12. The number of hydrogen-bond donors (Lipinski definition) is 0. The number of allylic oxidation sites excluding steroid dienone is 5. The third-order valence-corrected chi connectivity index (χ3v) is 6.52. The van der Waals surface area contributed by atoms with Gasteiger partial charge in [-0.2, -0.15) is 43.9 Å². The van der Waals surface area contributed by atoms with Gasteiger partial charge in [0.05, 0.1) is 9.39 Å². The SMILES string of the molecule is CC=CC1(I)C(C2(F)C(F)(F)C(F)(F)C(F)(F)C(F)(F)C2(F)F)=CC=CC1C(=O)[O-]. The maximum Gasteiger partial charge on any atom is 0.384 e. The average molecular weight is 569 g/mol. The lowest BCUT2D eigenvalue weighted by Crippen LogP contribution is -2.85. The lowest BCUT2D eigenvalue weighted by molar-refractivity contribution is -0.479. The van der Waals surface area contributed by atoms with Crippen molar-refractivity contribution in [2.24, 2.45) is 5.92 Å². The highest BCUT2D eigenvalue weighted by Gasteiger charge is 3.02. The first-order valence-corrected chi connectivity index (χ1v) is 8.82. The summed E-state index contributed by atoms with van der Waals surface area (Å²) in [6.07, 6.45) is 2.21. The molecule has 2 atom stereocenters. The van der Waals surface area contributed by atoms with E-state index in [1.807, 2.05) is 0 Å².